The first-order valence-corrected chi connectivity index (χ1v) is 6.65. The van der Waals surface area contributed by atoms with Crippen molar-refractivity contribution < 1.29 is 4.79 Å². The Kier molecular flexibility index (Phi) is 4.60. The molecule has 1 aliphatic carbocycles. The van der Waals surface area contributed by atoms with Crippen molar-refractivity contribution in [2.75, 3.05) is 6.54 Å². The second-order valence-electron chi connectivity index (χ2n) is 4.94. The average Bonchev–Trinajstić information content (AvgIpc) is 2.28. The second kappa shape index (κ2) is 6.43. The summed E-state index contributed by atoms with van der Waals surface area (Å²) in [7, 11) is 0. The van der Waals surface area contributed by atoms with Gasteiger partial charge in [-0.15, -0.1) is 0 Å². The highest BCUT2D eigenvalue weighted by Gasteiger charge is 2.17. The van der Waals surface area contributed by atoms with E-state index in [0.717, 1.165) is 25.3 Å². The van der Waals surface area contributed by atoms with Crippen LogP contribution >= 0.6 is 0 Å². The lowest BCUT2D eigenvalue weighted by molar-refractivity contribution is -0.121. The largest absolute Gasteiger partial charge is 0.356 e. The number of rotatable bonds is 6. The number of benzene rings is 1. The summed E-state index contributed by atoms with van der Waals surface area (Å²) in [5, 5.41) is 3.03. The average molecular weight is 231 g/mol. The lowest BCUT2D eigenvalue weighted by Gasteiger charge is -2.25. The van der Waals surface area contributed by atoms with Crippen molar-refractivity contribution in [1.82, 2.24) is 5.32 Å². The van der Waals surface area contributed by atoms with Crippen LogP contribution in [0.1, 0.15) is 37.7 Å². The van der Waals surface area contributed by atoms with E-state index >= 15 is 0 Å². The fraction of sp³-hybridized carbons (Fsp3) is 0.533. The SMILES string of the molecule is O=C(CCCc1ccccc1)NCC1CCC1. The van der Waals surface area contributed by atoms with Crippen LogP contribution in [-0.4, -0.2) is 12.5 Å². The van der Waals surface area contributed by atoms with Crippen molar-refractivity contribution in [3.05, 3.63) is 35.9 Å². The second-order valence-corrected chi connectivity index (χ2v) is 4.94. The van der Waals surface area contributed by atoms with Crippen LogP contribution in [0.5, 0.6) is 0 Å². The van der Waals surface area contributed by atoms with Crippen LogP contribution in [-0.2, 0) is 11.2 Å². The molecule has 0 spiro atoms. The topological polar surface area (TPSA) is 29.1 Å². The van der Waals surface area contributed by atoms with E-state index in [-0.39, 0.29) is 5.91 Å². The molecule has 0 saturated heterocycles. The number of amides is 1. The van der Waals surface area contributed by atoms with Crippen molar-refractivity contribution in [3.63, 3.8) is 0 Å². The maximum Gasteiger partial charge on any atom is 0.220 e. The molecule has 1 aromatic carbocycles. The molecule has 0 atom stereocenters. The first kappa shape index (κ1) is 12.2. The van der Waals surface area contributed by atoms with Gasteiger partial charge in [-0.2, -0.15) is 0 Å². The first-order valence-electron chi connectivity index (χ1n) is 6.65. The molecular weight excluding hydrogens is 210 g/mol. The molecule has 2 heteroatoms. The molecule has 1 aliphatic rings. The molecule has 0 unspecified atom stereocenters. The maximum absolute atomic E-state index is 11.6. The smallest absolute Gasteiger partial charge is 0.220 e. The predicted octanol–water partition coefficient (Wildman–Crippen LogP) is 2.93. The zero-order chi connectivity index (χ0) is 11.9. The van der Waals surface area contributed by atoms with Crippen LogP contribution in [0, 0.1) is 5.92 Å². The fourth-order valence-corrected chi connectivity index (χ4v) is 2.14. The Bertz CT molecular complexity index is 343. The van der Waals surface area contributed by atoms with Gasteiger partial charge in [-0.3, -0.25) is 4.79 Å². The Morgan fingerprint density at radius 1 is 1.24 bits per heavy atom. The third-order valence-corrected chi connectivity index (χ3v) is 3.52. The summed E-state index contributed by atoms with van der Waals surface area (Å²) in [5.74, 6) is 0.973. The van der Waals surface area contributed by atoms with E-state index in [1.54, 1.807) is 0 Å². The Hall–Kier alpha value is -1.31. The molecular formula is C15H21NO. The number of carbonyl (C=O) groups excluding carboxylic acids is 1. The standard InChI is InChI=1S/C15H21NO/c17-15(16-12-14-9-4-10-14)11-5-8-13-6-2-1-3-7-13/h1-3,6-7,14H,4-5,8-12H2,(H,16,17). The molecule has 1 saturated carbocycles. The van der Waals surface area contributed by atoms with E-state index in [4.69, 9.17) is 0 Å². The summed E-state index contributed by atoms with van der Waals surface area (Å²) in [4.78, 5) is 11.6. The Balaban J connectivity index is 1.56. The molecule has 0 bridgehead atoms. The van der Waals surface area contributed by atoms with Crippen molar-refractivity contribution in [1.29, 1.82) is 0 Å². The van der Waals surface area contributed by atoms with Gasteiger partial charge in [-0.1, -0.05) is 36.8 Å². The number of nitrogens with one attached hydrogen (secondary N) is 1. The quantitative estimate of drug-likeness (QED) is 0.801. The zero-order valence-electron chi connectivity index (χ0n) is 10.3. The summed E-state index contributed by atoms with van der Waals surface area (Å²) in [6.07, 6.45) is 6.53. The summed E-state index contributed by atoms with van der Waals surface area (Å²) >= 11 is 0. The van der Waals surface area contributed by atoms with Gasteiger partial charge >= 0.3 is 0 Å². The van der Waals surface area contributed by atoms with Crippen LogP contribution < -0.4 is 5.32 Å². The minimum atomic E-state index is 0.216. The van der Waals surface area contributed by atoms with E-state index < -0.39 is 0 Å². The number of aryl methyl sites for hydroxylation is 1. The van der Waals surface area contributed by atoms with Crippen molar-refractivity contribution in [2.45, 2.75) is 38.5 Å². The van der Waals surface area contributed by atoms with Gasteiger partial charge in [0.15, 0.2) is 0 Å². The van der Waals surface area contributed by atoms with E-state index in [0.29, 0.717) is 6.42 Å². The fourth-order valence-electron chi connectivity index (χ4n) is 2.14. The van der Waals surface area contributed by atoms with Gasteiger partial charge in [0.25, 0.3) is 0 Å². The summed E-state index contributed by atoms with van der Waals surface area (Å²) in [6, 6.07) is 10.4. The van der Waals surface area contributed by atoms with Gasteiger partial charge < -0.3 is 5.32 Å². The molecule has 92 valence electrons. The van der Waals surface area contributed by atoms with Gasteiger partial charge in [0.05, 0.1) is 0 Å². The number of hydrogen-bond donors (Lipinski definition) is 1. The first-order chi connectivity index (χ1) is 8.34. The molecule has 2 nitrogen and oxygen atoms in total. The van der Waals surface area contributed by atoms with Crippen molar-refractivity contribution in [2.24, 2.45) is 5.92 Å². The minimum absolute atomic E-state index is 0.216. The van der Waals surface area contributed by atoms with Gasteiger partial charge in [0, 0.05) is 13.0 Å². The van der Waals surface area contributed by atoms with Crippen LogP contribution in [0.15, 0.2) is 30.3 Å². The van der Waals surface area contributed by atoms with Crippen LogP contribution in [0.3, 0.4) is 0 Å². The van der Waals surface area contributed by atoms with Crippen molar-refractivity contribution >= 4 is 5.91 Å². The highest BCUT2D eigenvalue weighted by Crippen LogP contribution is 2.25. The lowest BCUT2D eigenvalue weighted by Crippen LogP contribution is -2.31. The van der Waals surface area contributed by atoms with Gasteiger partial charge in [0.2, 0.25) is 5.91 Å². The highest BCUT2D eigenvalue weighted by molar-refractivity contribution is 5.75. The molecule has 0 aliphatic heterocycles. The predicted molar refractivity (Wildman–Crippen MR) is 69.7 cm³/mol. The molecule has 1 amide bonds. The monoisotopic (exact) mass is 231 g/mol. The molecule has 0 radical (unpaired) electrons. The third-order valence-electron chi connectivity index (χ3n) is 3.52. The van der Waals surface area contributed by atoms with Gasteiger partial charge in [-0.25, -0.2) is 0 Å². The maximum atomic E-state index is 11.6. The van der Waals surface area contributed by atoms with Crippen LogP contribution in [0.2, 0.25) is 0 Å². The molecule has 2 rings (SSSR count). The zero-order valence-corrected chi connectivity index (χ0v) is 10.3. The lowest BCUT2D eigenvalue weighted by atomic mass is 9.85. The molecule has 1 N–H and O–H groups in total. The Morgan fingerprint density at radius 3 is 2.65 bits per heavy atom. The van der Waals surface area contributed by atoms with Crippen LogP contribution in [0.25, 0.3) is 0 Å². The summed E-state index contributed by atoms with van der Waals surface area (Å²) in [5.41, 5.74) is 1.32. The third kappa shape index (κ3) is 4.22. The minimum Gasteiger partial charge on any atom is -0.356 e. The Morgan fingerprint density at radius 2 is 2.00 bits per heavy atom. The summed E-state index contributed by atoms with van der Waals surface area (Å²) in [6.45, 7) is 0.893. The molecule has 1 aromatic rings. The molecule has 0 heterocycles. The molecule has 1 fully saturated rings. The molecule has 0 aromatic heterocycles. The van der Waals surface area contributed by atoms with Crippen LogP contribution in [0.4, 0.5) is 0 Å². The van der Waals surface area contributed by atoms with E-state index in [9.17, 15) is 4.79 Å². The highest BCUT2D eigenvalue weighted by atomic mass is 16.1. The molecule has 17 heavy (non-hydrogen) atoms. The van der Waals surface area contributed by atoms with E-state index in [1.807, 2.05) is 18.2 Å². The van der Waals surface area contributed by atoms with E-state index in [1.165, 1.54) is 24.8 Å². The Labute approximate surface area is 103 Å². The number of hydrogen-bond acceptors (Lipinski definition) is 1. The van der Waals surface area contributed by atoms with Gasteiger partial charge in [-0.05, 0) is 37.2 Å². The number of carbonyl (C=O) groups is 1. The van der Waals surface area contributed by atoms with Crippen molar-refractivity contribution in [3.8, 4) is 0 Å². The van der Waals surface area contributed by atoms with E-state index in [2.05, 4.69) is 17.4 Å². The summed E-state index contributed by atoms with van der Waals surface area (Å²) < 4.78 is 0. The normalized spacial score (nSPS) is 15.3. The van der Waals surface area contributed by atoms with Gasteiger partial charge in [0.1, 0.15) is 0 Å².